The fraction of sp³-hybridized carbons (Fsp3) is 0.462. The number of hydrogen-bond donors (Lipinski definition) is 1. The fourth-order valence-electron chi connectivity index (χ4n) is 4.34. The molecule has 34 heavy (non-hydrogen) atoms. The molecule has 8 heteroatoms. The van der Waals surface area contributed by atoms with E-state index in [4.69, 9.17) is 14.2 Å². The van der Waals surface area contributed by atoms with Gasteiger partial charge in [-0.05, 0) is 55.0 Å². The van der Waals surface area contributed by atoms with Crippen LogP contribution in [0.25, 0.3) is 0 Å². The van der Waals surface area contributed by atoms with Crippen molar-refractivity contribution in [3.8, 4) is 17.2 Å². The predicted octanol–water partition coefficient (Wildman–Crippen LogP) is 3.52. The monoisotopic (exact) mass is 472 g/mol. The molecule has 7 nitrogen and oxygen atoms in total. The molecule has 0 saturated carbocycles. The van der Waals surface area contributed by atoms with Crippen molar-refractivity contribution in [2.75, 3.05) is 34.9 Å². The number of nitrogens with zero attached hydrogens (tertiary/aromatic N) is 1. The molecule has 184 valence electrons. The molecule has 1 aliphatic rings. The van der Waals surface area contributed by atoms with E-state index in [9.17, 15) is 14.0 Å². The Balaban J connectivity index is 1.59. The van der Waals surface area contributed by atoms with Crippen LogP contribution in [0.2, 0.25) is 0 Å². The lowest BCUT2D eigenvalue weighted by Gasteiger charge is -2.30. The highest BCUT2D eigenvalue weighted by Gasteiger charge is 2.38. The number of benzene rings is 2. The predicted molar refractivity (Wildman–Crippen MR) is 127 cm³/mol. The van der Waals surface area contributed by atoms with E-state index in [2.05, 4.69) is 5.32 Å². The molecule has 1 heterocycles. The summed E-state index contributed by atoms with van der Waals surface area (Å²) in [6, 6.07) is 10.4. The third kappa shape index (κ3) is 6.18. The number of rotatable bonds is 11. The summed E-state index contributed by atoms with van der Waals surface area (Å²) in [4.78, 5) is 26.6. The lowest BCUT2D eigenvalue weighted by Crippen LogP contribution is -2.45. The zero-order chi connectivity index (χ0) is 24.7. The Morgan fingerprint density at radius 2 is 1.85 bits per heavy atom. The molecular formula is C26H33FN2O5. The van der Waals surface area contributed by atoms with Crippen LogP contribution >= 0.6 is 0 Å². The highest BCUT2D eigenvalue weighted by molar-refractivity contribution is 5.80. The largest absolute Gasteiger partial charge is 0.497 e. The van der Waals surface area contributed by atoms with Crippen molar-refractivity contribution in [1.29, 1.82) is 0 Å². The standard InChI is InChI=1S/C26H33FN2O5/c1-29(14-11-18-5-8-22(33-3)23(15-18)34-4)25(31)10-13-26(12-9-24(30)28-26)17-19-6-7-20(32-2)16-21(19)27/h5-8,15-16H,9-14,17H2,1-4H3,(H,28,30)/t26-/m0/s1. The second-order valence-electron chi connectivity index (χ2n) is 8.72. The van der Waals surface area contributed by atoms with E-state index in [1.165, 1.54) is 13.2 Å². The van der Waals surface area contributed by atoms with Gasteiger partial charge in [-0.2, -0.15) is 0 Å². The first-order valence-corrected chi connectivity index (χ1v) is 11.4. The summed E-state index contributed by atoms with van der Waals surface area (Å²) in [6.45, 7) is 0.542. The molecule has 1 aliphatic heterocycles. The van der Waals surface area contributed by atoms with E-state index in [0.29, 0.717) is 61.5 Å². The van der Waals surface area contributed by atoms with Crippen molar-refractivity contribution in [2.45, 2.75) is 44.1 Å². The third-order valence-corrected chi connectivity index (χ3v) is 6.45. The van der Waals surface area contributed by atoms with E-state index >= 15 is 0 Å². The fourth-order valence-corrected chi connectivity index (χ4v) is 4.34. The minimum Gasteiger partial charge on any atom is -0.497 e. The van der Waals surface area contributed by atoms with Gasteiger partial charge in [0.2, 0.25) is 11.8 Å². The molecule has 0 bridgehead atoms. The Morgan fingerprint density at radius 1 is 1.09 bits per heavy atom. The molecule has 2 amide bonds. The van der Waals surface area contributed by atoms with Gasteiger partial charge in [0, 0.05) is 38.0 Å². The maximum Gasteiger partial charge on any atom is 0.222 e. The first-order valence-electron chi connectivity index (χ1n) is 11.4. The van der Waals surface area contributed by atoms with E-state index in [0.717, 1.165) is 5.56 Å². The van der Waals surface area contributed by atoms with Crippen molar-refractivity contribution in [3.63, 3.8) is 0 Å². The number of halogens is 1. The Hall–Kier alpha value is -3.29. The van der Waals surface area contributed by atoms with Crippen LogP contribution in [0.1, 0.15) is 36.8 Å². The summed E-state index contributed by atoms with van der Waals surface area (Å²) in [7, 11) is 6.44. The van der Waals surface area contributed by atoms with Gasteiger partial charge in [0.1, 0.15) is 11.6 Å². The normalized spacial score (nSPS) is 17.3. The first kappa shape index (κ1) is 25.3. The topological polar surface area (TPSA) is 77.1 Å². The van der Waals surface area contributed by atoms with Crippen LogP contribution in [0.4, 0.5) is 4.39 Å². The van der Waals surface area contributed by atoms with E-state index in [1.54, 1.807) is 38.3 Å². The van der Waals surface area contributed by atoms with Gasteiger partial charge < -0.3 is 24.4 Å². The molecule has 2 aromatic rings. The van der Waals surface area contributed by atoms with Crippen LogP contribution in [-0.4, -0.2) is 57.2 Å². The number of amides is 2. The number of ether oxygens (including phenoxy) is 3. The molecule has 0 aliphatic carbocycles. The summed E-state index contributed by atoms with van der Waals surface area (Å²) >= 11 is 0. The number of methoxy groups -OCH3 is 3. The lowest BCUT2D eigenvalue weighted by molar-refractivity contribution is -0.130. The molecule has 0 aromatic heterocycles. The number of carbonyl (C=O) groups is 2. The third-order valence-electron chi connectivity index (χ3n) is 6.45. The zero-order valence-electron chi connectivity index (χ0n) is 20.3. The molecule has 0 radical (unpaired) electrons. The smallest absolute Gasteiger partial charge is 0.222 e. The van der Waals surface area contributed by atoms with Crippen LogP contribution in [0.3, 0.4) is 0 Å². The summed E-state index contributed by atoms with van der Waals surface area (Å²) in [5.74, 6) is 1.29. The second kappa shape index (κ2) is 11.2. The van der Waals surface area contributed by atoms with Crippen LogP contribution in [-0.2, 0) is 22.4 Å². The van der Waals surface area contributed by atoms with Crippen molar-refractivity contribution in [1.82, 2.24) is 10.2 Å². The van der Waals surface area contributed by atoms with Crippen LogP contribution in [0.15, 0.2) is 36.4 Å². The highest BCUT2D eigenvalue weighted by atomic mass is 19.1. The van der Waals surface area contributed by atoms with Crippen LogP contribution < -0.4 is 19.5 Å². The van der Waals surface area contributed by atoms with Crippen molar-refractivity contribution in [2.24, 2.45) is 0 Å². The molecule has 1 saturated heterocycles. The van der Waals surface area contributed by atoms with Gasteiger partial charge in [-0.3, -0.25) is 9.59 Å². The Kier molecular flexibility index (Phi) is 8.36. The van der Waals surface area contributed by atoms with Gasteiger partial charge in [-0.15, -0.1) is 0 Å². The van der Waals surface area contributed by atoms with Crippen molar-refractivity contribution >= 4 is 11.8 Å². The molecule has 3 rings (SSSR count). The number of hydrogen-bond acceptors (Lipinski definition) is 5. The Bertz CT molecular complexity index is 1030. The molecule has 1 fully saturated rings. The average Bonchev–Trinajstić information content (AvgIpc) is 3.22. The van der Waals surface area contributed by atoms with Gasteiger partial charge in [0.15, 0.2) is 11.5 Å². The molecule has 0 unspecified atom stereocenters. The molecule has 1 atom stereocenters. The van der Waals surface area contributed by atoms with Gasteiger partial charge in [-0.1, -0.05) is 12.1 Å². The highest BCUT2D eigenvalue weighted by Crippen LogP contribution is 2.32. The van der Waals surface area contributed by atoms with Gasteiger partial charge in [0.05, 0.1) is 21.3 Å². The molecule has 0 spiro atoms. The Labute approximate surface area is 200 Å². The quantitative estimate of drug-likeness (QED) is 0.542. The zero-order valence-corrected chi connectivity index (χ0v) is 20.3. The van der Waals surface area contributed by atoms with E-state index < -0.39 is 5.54 Å². The maximum absolute atomic E-state index is 14.6. The van der Waals surface area contributed by atoms with Crippen LogP contribution in [0.5, 0.6) is 17.2 Å². The number of carbonyl (C=O) groups excluding carboxylic acids is 2. The maximum atomic E-state index is 14.6. The van der Waals surface area contributed by atoms with Crippen LogP contribution in [0, 0.1) is 5.82 Å². The molecule has 1 N–H and O–H groups in total. The summed E-state index contributed by atoms with van der Waals surface area (Å²) in [5.41, 5.74) is 0.899. The first-order chi connectivity index (χ1) is 16.3. The Morgan fingerprint density at radius 3 is 2.47 bits per heavy atom. The van der Waals surface area contributed by atoms with E-state index in [-0.39, 0.29) is 24.1 Å². The molecule has 2 aromatic carbocycles. The SMILES string of the molecule is COc1ccc(C[C@@]2(CCC(=O)N(C)CCc3ccc(OC)c(OC)c3)CCC(=O)N2)c(F)c1. The molecular weight excluding hydrogens is 439 g/mol. The van der Waals surface area contributed by atoms with Crippen molar-refractivity contribution in [3.05, 3.63) is 53.3 Å². The summed E-state index contributed by atoms with van der Waals surface area (Å²) in [6.07, 6.45) is 2.66. The average molecular weight is 473 g/mol. The van der Waals surface area contributed by atoms with Crippen molar-refractivity contribution < 1.29 is 28.2 Å². The second-order valence-corrected chi connectivity index (χ2v) is 8.72. The minimum absolute atomic E-state index is 0.0174. The number of likely N-dealkylation sites (N-methyl/N-ethyl adjacent to an activating group) is 1. The summed E-state index contributed by atoms with van der Waals surface area (Å²) in [5, 5.41) is 3.01. The van der Waals surface area contributed by atoms with Gasteiger partial charge in [-0.25, -0.2) is 4.39 Å². The van der Waals surface area contributed by atoms with Gasteiger partial charge in [0.25, 0.3) is 0 Å². The lowest BCUT2D eigenvalue weighted by atomic mass is 9.84. The minimum atomic E-state index is -0.633. The summed E-state index contributed by atoms with van der Waals surface area (Å²) < 4.78 is 30.2. The van der Waals surface area contributed by atoms with E-state index in [1.807, 2.05) is 18.2 Å². The number of nitrogens with one attached hydrogen (secondary N) is 1. The van der Waals surface area contributed by atoms with Gasteiger partial charge >= 0.3 is 0 Å².